The van der Waals surface area contributed by atoms with Crippen molar-refractivity contribution in [3.63, 3.8) is 0 Å². The van der Waals surface area contributed by atoms with Gasteiger partial charge in [-0.1, -0.05) is 17.7 Å². The summed E-state index contributed by atoms with van der Waals surface area (Å²) in [7, 11) is 2.95. The van der Waals surface area contributed by atoms with Crippen LogP contribution < -0.4 is 9.47 Å². The average molecular weight is 347 g/mol. The fourth-order valence-corrected chi connectivity index (χ4v) is 2.87. The van der Waals surface area contributed by atoms with Gasteiger partial charge in [-0.05, 0) is 30.3 Å². The van der Waals surface area contributed by atoms with Gasteiger partial charge < -0.3 is 14.2 Å². The fourth-order valence-electron chi connectivity index (χ4n) is 2.75. The highest BCUT2D eigenvalue weighted by Crippen LogP contribution is 2.43. The van der Waals surface area contributed by atoms with Gasteiger partial charge in [0.15, 0.2) is 17.3 Å². The molecule has 124 valence electrons. The molecule has 6 heteroatoms. The van der Waals surface area contributed by atoms with Crippen molar-refractivity contribution in [1.29, 1.82) is 0 Å². The zero-order valence-electron chi connectivity index (χ0n) is 13.2. The lowest BCUT2D eigenvalue weighted by Crippen LogP contribution is -2.07. The Hall–Kier alpha value is -2.53. The summed E-state index contributed by atoms with van der Waals surface area (Å²) >= 11 is 5.83. The van der Waals surface area contributed by atoms with E-state index >= 15 is 0 Å². The number of esters is 1. The van der Waals surface area contributed by atoms with E-state index < -0.39 is 12.1 Å². The molecular weight excluding hydrogens is 332 g/mol. The summed E-state index contributed by atoms with van der Waals surface area (Å²) in [5, 5.41) is 0.557. The number of Topliss-reactive ketones (excluding diaryl/α,β-unsaturated/α-hetero) is 1. The fraction of sp³-hybridized carbons (Fsp3) is 0.222. The smallest absolute Gasteiger partial charge is 0.343 e. The van der Waals surface area contributed by atoms with E-state index in [-0.39, 0.29) is 12.2 Å². The summed E-state index contributed by atoms with van der Waals surface area (Å²) in [4.78, 5) is 24.6. The zero-order chi connectivity index (χ0) is 17.3. The monoisotopic (exact) mass is 346 g/mol. The number of cyclic esters (lactones) is 1. The van der Waals surface area contributed by atoms with Crippen LogP contribution in [0.25, 0.3) is 0 Å². The van der Waals surface area contributed by atoms with Crippen molar-refractivity contribution in [2.45, 2.75) is 12.5 Å². The number of ketones is 1. The molecule has 0 unspecified atom stereocenters. The molecule has 3 rings (SSSR count). The molecule has 0 amide bonds. The van der Waals surface area contributed by atoms with E-state index in [0.717, 1.165) is 0 Å². The molecule has 0 N–H and O–H groups in total. The maximum atomic E-state index is 12.4. The van der Waals surface area contributed by atoms with Crippen molar-refractivity contribution < 1.29 is 23.8 Å². The molecule has 0 bridgehead atoms. The SMILES string of the molecule is COc1ccc2c(c1OC)C(=O)O[C@@H]2CC(=O)c1ccc(Cl)cc1. The van der Waals surface area contributed by atoms with Gasteiger partial charge in [-0.15, -0.1) is 0 Å². The summed E-state index contributed by atoms with van der Waals surface area (Å²) in [6, 6.07) is 10.0. The minimum absolute atomic E-state index is 0.0514. The predicted octanol–water partition coefficient (Wildman–Crippen LogP) is 3.84. The number of rotatable bonds is 5. The van der Waals surface area contributed by atoms with Crippen LogP contribution in [0.15, 0.2) is 36.4 Å². The third kappa shape index (κ3) is 2.83. The molecule has 0 saturated carbocycles. The number of halogens is 1. The summed E-state index contributed by atoms with van der Waals surface area (Å²) in [5.41, 5.74) is 1.45. The summed E-state index contributed by atoms with van der Waals surface area (Å²) < 4.78 is 15.8. The Morgan fingerprint density at radius 2 is 1.83 bits per heavy atom. The third-order valence-corrected chi connectivity index (χ3v) is 4.17. The Bertz CT molecular complexity index is 798. The van der Waals surface area contributed by atoms with E-state index in [4.69, 9.17) is 25.8 Å². The van der Waals surface area contributed by atoms with Gasteiger partial charge in [-0.2, -0.15) is 0 Å². The molecule has 1 heterocycles. The van der Waals surface area contributed by atoms with Gasteiger partial charge >= 0.3 is 5.97 Å². The van der Waals surface area contributed by atoms with Crippen molar-refractivity contribution in [1.82, 2.24) is 0 Å². The number of methoxy groups -OCH3 is 2. The molecule has 0 saturated heterocycles. The molecule has 24 heavy (non-hydrogen) atoms. The molecule has 0 radical (unpaired) electrons. The Balaban J connectivity index is 1.89. The molecule has 2 aromatic rings. The molecule has 0 fully saturated rings. The Morgan fingerprint density at radius 3 is 2.46 bits per heavy atom. The van der Waals surface area contributed by atoms with E-state index in [9.17, 15) is 9.59 Å². The predicted molar refractivity (Wildman–Crippen MR) is 88.1 cm³/mol. The first-order valence-electron chi connectivity index (χ1n) is 7.29. The number of carbonyl (C=O) groups is 2. The van der Waals surface area contributed by atoms with E-state index in [1.807, 2.05) is 0 Å². The highest BCUT2D eigenvalue weighted by molar-refractivity contribution is 6.30. The van der Waals surface area contributed by atoms with Gasteiger partial charge in [0.1, 0.15) is 11.7 Å². The van der Waals surface area contributed by atoms with Crippen LogP contribution in [0.2, 0.25) is 5.02 Å². The minimum atomic E-state index is -0.643. The van der Waals surface area contributed by atoms with Crippen LogP contribution in [0.5, 0.6) is 11.5 Å². The van der Waals surface area contributed by atoms with Crippen molar-refractivity contribution in [3.8, 4) is 11.5 Å². The van der Waals surface area contributed by atoms with Gasteiger partial charge in [0.25, 0.3) is 0 Å². The minimum Gasteiger partial charge on any atom is -0.493 e. The zero-order valence-corrected chi connectivity index (χ0v) is 13.9. The first-order chi connectivity index (χ1) is 11.5. The number of carbonyl (C=O) groups excluding carboxylic acids is 2. The lowest BCUT2D eigenvalue weighted by molar-refractivity contribution is 0.0365. The van der Waals surface area contributed by atoms with Crippen LogP contribution in [0.3, 0.4) is 0 Å². The lowest BCUT2D eigenvalue weighted by atomic mass is 9.97. The van der Waals surface area contributed by atoms with Crippen LogP contribution in [0, 0.1) is 0 Å². The number of hydrogen-bond acceptors (Lipinski definition) is 5. The summed E-state index contributed by atoms with van der Waals surface area (Å²) in [6.45, 7) is 0. The van der Waals surface area contributed by atoms with Gasteiger partial charge in [0, 0.05) is 16.1 Å². The second kappa shape index (κ2) is 6.53. The maximum Gasteiger partial charge on any atom is 0.343 e. The maximum absolute atomic E-state index is 12.4. The third-order valence-electron chi connectivity index (χ3n) is 3.92. The Morgan fingerprint density at radius 1 is 1.12 bits per heavy atom. The Labute approximate surface area is 144 Å². The van der Waals surface area contributed by atoms with Crippen molar-refractivity contribution >= 4 is 23.4 Å². The highest BCUT2D eigenvalue weighted by Gasteiger charge is 2.36. The van der Waals surface area contributed by atoms with E-state index in [2.05, 4.69) is 0 Å². The first kappa shape index (κ1) is 16.3. The molecule has 1 aliphatic rings. The van der Waals surface area contributed by atoms with Gasteiger partial charge in [0.05, 0.1) is 20.6 Å². The standard InChI is InChI=1S/C18H15ClO5/c1-22-14-8-7-12-15(24-18(21)16(12)17(14)23-2)9-13(20)10-3-5-11(19)6-4-10/h3-8,15H,9H2,1-2H3/t15-/m1/s1. The quantitative estimate of drug-likeness (QED) is 0.608. The summed E-state index contributed by atoms with van der Waals surface area (Å²) in [5.74, 6) is 0.112. The van der Waals surface area contributed by atoms with Crippen LogP contribution in [0.1, 0.15) is 38.8 Å². The highest BCUT2D eigenvalue weighted by atomic mass is 35.5. The molecule has 5 nitrogen and oxygen atoms in total. The van der Waals surface area contributed by atoms with Gasteiger partial charge in [0.2, 0.25) is 0 Å². The number of hydrogen-bond donors (Lipinski definition) is 0. The Kier molecular flexibility index (Phi) is 4.44. The molecule has 0 aliphatic carbocycles. The largest absolute Gasteiger partial charge is 0.493 e. The van der Waals surface area contributed by atoms with Crippen LogP contribution in [0.4, 0.5) is 0 Å². The number of benzene rings is 2. The van der Waals surface area contributed by atoms with Crippen molar-refractivity contribution in [2.24, 2.45) is 0 Å². The van der Waals surface area contributed by atoms with Gasteiger partial charge in [-0.3, -0.25) is 4.79 Å². The average Bonchev–Trinajstić information content (AvgIpc) is 2.90. The van der Waals surface area contributed by atoms with Gasteiger partial charge in [-0.25, -0.2) is 4.79 Å². The van der Waals surface area contributed by atoms with Crippen molar-refractivity contribution in [3.05, 3.63) is 58.1 Å². The van der Waals surface area contributed by atoms with E-state index in [0.29, 0.717) is 33.2 Å². The molecule has 0 spiro atoms. The van der Waals surface area contributed by atoms with Crippen LogP contribution in [-0.4, -0.2) is 26.0 Å². The molecular formula is C18H15ClO5. The van der Waals surface area contributed by atoms with Crippen molar-refractivity contribution in [2.75, 3.05) is 14.2 Å². The molecule has 1 atom stereocenters. The molecule has 2 aromatic carbocycles. The second-order valence-electron chi connectivity index (χ2n) is 5.29. The summed E-state index contributed by atoms with van der Waals surface area (Å²) in [6.07, 6.45) is -0.592. The van der Waals surface area contributed by atoms with E-state index in [1.54, 1.807) is 36.4 Å². The van der Waals surface area contributed by atoms with Crippen LogP contribution in [-0.2, 0) is 4.74 Å². The lowest BCUT2D eigenvalue weighted by Gasteiger charge is -2.12. The first-order valence-corrected chi connectivity index (χ1v) is 7.67. The topological polar surface area (TPSA) is 61.8 Å². The number of fused-ring (bicyclic) bond motifs is 1. The number of ether oxygens (including phenoxy) is 3. The van der Waals surface area contributed by atoms with Crippen LogP contribution >= 0.6 is 11.6 Å². The molecule has 0 aromatic heterocycles. The second-order valence-corrected chi connectivity index (χ2v) is 5.73. The normalized spacial score (nSPS) is 15.6. The van der Waals surface area contributed by atoms with E-state index in [1.165, 1.54) is 14.2 Å². The molecule has 1 aliphatic heterocycles.